The number of carboxylic acids is 1. The zero-order chi connectivity index (χ0) is 28.3. The number of H-pyrrole nitrogens is 1. The van der Waals surface area contributed by atoms with E-state index < -0.39 is 5.97 Å². The lowest BCUT2D eigenvalue weighted by Crippen LogP contribution is -2.06. The van der Waals surface area contributed by atoms with E-state index in [2.05, 4.69) is 37.0 Å². The molecule has 11 heteroatoms. The van der Waals surface area contributed by atoms with Gasteiger partial charge in [-0.2, -0.15) is 5.21 Å². The van der Waals surface area contributed by atoms with E-state index in [1.807, 2.05) is 48.5 Å². The third-order valence-electron chi connectivity index (χ3n) is 6.82. The number of carboxylic acid groups (broad SMARTS) is 1. The Hall–Kier alpha value is -4.72. The van der Waals surface area contributed by atoms with Gasteiger partial charge in [-0.05, 0) is 84.3 Å². The number of aromatic nitrogens is 6. The van der Waals surface area contributed by atoms with Crippen LogP contribution in [0.3, 0.4) is 0 Å². The molecule has 41 heavy (non-hydrogen) atoms. The summed E-state index contributed by atoms with van der Waals surface area (Å²) in [6.07, 6.45) is 1.90. The van der Waals surface area contributed by atoms with Gasteiger partial charge in [0.2, 0.25) is 0 Å². The first kappa shape index (κ1) is 26.5. The number of methoxy groups -OCH3 is 1. The van der Waals surface area contributed by atoms with E-state index >= 15 is 0 Å². The quantitative estimate of drug-likeness (QED) is 0.226. The fraction of sp³-hybridized carbons (Fsp3) is 0.167. The molecule has 0 fully saturated rings. The number of halogens is 1. The summed E-state index contributed by atoms with van der Waals surface area (Å²) in [5, 5.41) is 26.3. The molecule has 3 aromatic carbocycles. The summed E-state index contributed by atoms with van der Waals surface area (Å²) in [5.74, 6) is 7.04. The minimum atomic E-state index is -0.979. The molecule has 0 atom stereocenters. The maximum Gasteiger partial charge on any atom is 0.335 e. The number of thiazole rings is 1. The van der Waals surface area contributed by atoms with Gasteiger partial charge in [0.25, 0.3) is 0 Å². The normalized spacial score (nSPS) is 11.1. The Labute approximate surface area is 243 Å². The Kier molecular flexibility index (Phi) is 7.37. The standard InChI is InChI=1S/C30H23ClN6O3S/c1-40-21-8-10-24-27(17-21)41-29(32-24)13-12-25-22(9-4-18-2-6-20(31)7-3-18)23-16-19(30(38)39)5-11-26(23)37(25)15-14-28-33-35-36-34-28/h2-3,5-8,10-11,16-17H,4,9,14-15H2,1H3,(H,38,39)(H,33,34,35,36). The topological polar surface area (TPSA) is 119 Å². The van der Waals surface area contributed by atoms with Crippen LogP contribution in [0.5, 0.6) is 5.75 Å². The molecule has 0 aliphatic carbocycles. The first-order valence-corrected chi connectivity index (χ1v) is 14.0. The number of aromatic carboxylic acids is 1. The van der Waals surface area contributed by atoms with Crippen molar-refractivity contribution < 1.29 is 14.6 Å². The minimum absolute atomic E-state index is 0.222. The van der Waals surface area contributed by atoms with E-state index in [4.69, 9.17) is 21.3 Å². The minimum Gasteiger partial charge on any atom is -0.497 e. The highest BCUT2D eigenvalue weighted by Gasteiger charge is 2.19. The molecule has 0 spiro atoms. The monoisotopic (exact) mass is 582 g/mol. The van der Waals surface area contributed by atoms with Crippen molar-refractivity contribution >= 4 is 50.0 Å². The Morgan fingerprint density at radius 1 is 1.07 bits per heavy atom. The van der Waals surface area contributed by atoms with Gasteiger partial charge in [0.1, 0.15) is 5.75 Å². The molecule has 204 valence electrons. The average molecular weight is 583 g/mol. The number of fused-ring (bicyclic) bond motifs is 2. The molecule has 0 radical (unpaired) electrons. The van der Waals surface area contributed by atoms with Gasteiger partial charge in [0.05, 0.1) is 28.6 Å². The van der Waals surface area contributed by atoms with Crippen molar-refractivity contribution in [2.24, 2.45) is 0 Å². The van der Waals surface area contributed by atoms with Gasteiger partial charge >= 0.3 is 5.97 Å². The lowest BCUT2D eigenvalue weighted by molar-refractivity contribution is 0.0697. The maximum absolute atomic E-state index is 11.9. The zero-order valence-corrected chi connectivity index (χ0v) is 23.5. The van der Waals surface area contributed by atoms with Crippen molar-refractivity contribution in [2.45, 2.75) is 25.8 Å². The molecule has 0 aliphatic rings. The van der Waals surface area contributed by atoms with Gasteiger partial charge in [-0.25, -0.2) is 9.78 Å². The van der Waals surface area contributed by atoms with Crippen molar-refractivity contribution in [3.63, 3.8) is 0 Å². The fourth-order valence-electron chi connectivity index (χ4n) is 4.80. The summed E-state index contributed by atoms with van der Waals surface area (Å²) < 4.78 is 8.45. The van der Waals surface area contributed by atoms with Gasteiger partial charge in [0, 0.05) is 28.9 Å². The van der Waals surface area contributed by atoms with Crippen LogP contribution >= 0.6 is 22.9 Å². The van der Waals surface area contributed by atoms with Crippen LogP contribution in [0, 0.1) is 11.8 Å². The molecule has 6 aromatic rings. The third-order valence-corrected chi connectivity index (χ3v) is 8.01. The number of ether oxygens (including phenoxy) is 1. The van der Waals surface area contributed by atoms with E-state index in [0.717, 1.165) is 50.1 Å². The number of hydrogen-bond acceptors (Lipinski definition) is 7. The number of tetrazole rings is 1. The third kappa shape index (κ3) is 5.63. The van der Waals surface area contributed by atoms with Crippen LogP contribution in [-0.2, 0) is 25.8 Å². The smallest absolute Gasteiger partial charge is 0.335 e. The van der Waals surface area contributed by atoms with E-state index in [0.29, 0.717) is 35.2 Å². The molecule has 0 saturated heterocycles. The lowest BCUT2D eigenvalue weighted by Gasteiger charge is -2.07. The van der Waals surface area contributed by atoms with Crippen LogP contribution in [-0.4, -0.2) is 48.4 Å². The fourth-order valence-corrected chi connectivity index (χ4v) is 5.78. The Balaban J connectivity index is 1.48. The summed E-state index contributed by atoms with van der Waals surface area (Å²) in [6, 6.07) is 18.7. The average Bonchev–Trinajstić information content (AvgIpc) is 3.71. The molecule has 6 rings (SSSR count). The second-order valence-corrected chi connectivity index (χ2v) is 10.8. The molecular weight excluding hydrogens is 560 g/mol. The first-order valence-electron chi connectivity index (χ1n) is 12.8. The number of rotatable bonds is 8. The Morgan fingerprint density at radius 2 is 1.93 bits per heavy atom. The highest BCUT2D eigenvalue weighted by Crippen LogP contribution is 2.30. The lowest BCUT2D eigenvalue weighted by atomic mass is 10.0. The predicted octanol–water partition coefficient (Wildman–Crippen LogP) is 5.55. The largest absolute Gasteiger partial charge is 0.497 e. The van der Waals surface area contributed by atoms with Crippen LogP contribution in [0.25, 0.3) is 21.1 Å². The molecule has 0 saturated carbocycles. The molecule has 0 amide bonds. The summed E-state index contributed by atoms with van der Waals surface area (Å²) in [5.41, 5.74) is 4.86. The predicted molar refractivity (Wildman–Crippen MR) is 158 cm³/mol. The van der Waals surface area contributed by atoms with Gasteiger partial charge in [-0.3, -0.25) is 0 Å². The van der Waals surface area contributed by atoms with Gasteiger partial charge in [0.15, 0.2) is 10.8 Å². The summed E-state index contributed by atoms with van der Waals surface area (Å²) >= 11 is 7.60. The number of nitrogens with one attached hydrogen (secondary N) is 1. The van der Waals surface area contributed by atoms with E-state index in [1.54, 1.807) is 19.2 Å². The van der Waals surface area contributed by atoms with Gasteiger partial charge in [-0.1, -0.05) is 28.9 Å². The maximum atomic E-state index is 11.9. The van der Waals surface area contributed by atoms with Crippen molar-refractivity contribution in [2.75, 3.05) is 7.11 Å². The number of aryl methyl sites for hydroxylation is 4. The first-order chi connectivity index (χ1) is 20.0. The van der Waals surface area contributed by atoms with Crippen LogP contribution < -0.4 is 4.74 Å². The van der Waals surface area contributed by atoms with Crippen molar-refractivity contribution in [1.29, 1.82) is 0 Å². The summed E-state index contributed by atoms with van der Waals surface area (Å²) in [4.78, 5) is 16.6. The molecular formula is C30H23ClN6O3S. The molecule has 3 heterocycles. The number of aromatic amines is 1. The van der Waals surface area contributed by atoms with Crippen molar-refractivity contribution in [1.82, 2.24) is 30.2 Å². The number of carbonyl (C=O) groups is 1. The molecule has 0 aliphatic heterocycles. The molecule has 2 N–H and O–H groups in total. The van der Waals surface area contributed by atoms with Crippen LogP contribution in [0.1, 0.15) is 38.0 Å². The summed E-state index contributed by atoms with van der Waals surface area (Å²) in [7, 11) is 1.64. The zero-order valence-electron chi connectivity index (χ0n) is 21.9. The van der Waals surface area contributed by atoms with E-state index in [-0.39, 0.29) is 5.56 Å². The Morgan fingerprint density at radius 3 is 2.68 bits per heavy atom. The molecule has 0 unspecified atom stereocenters. The van der Waals surface area contributed by atoms with E-state index in [1.165, 1.54) is 11.3 Å². The number of hydrogen-bond donors (Lipinski definition) is 2. The second-order valence-electron chi connectivity index (χ2n) is 9.32. The van der Waals surface area contributed by atoms with Gasteiger partial charge in [-0.15, -0.1) is 21.5 Å². The highest BCUT2D eigenvalue weighted by atomic mass is 35.5. The highest BCUT2D eigenvalue weighted by molar-refractivity contribution is 7.19. The summed E-state index contributed by atoms with van der Waals surface area (Å²) in [6.45, 7) is 0.532. The van der Waals surface area contributed by atoms with Crippen molar-refractivity contribution in [3.05, 3.63) is 98.9 Å². The van der Waals surface area contributed by atoms with Crippen molar-refractivity contribution in [3.8, 4) is 17.6 Å². The number of benzene rings is 3. The van der Waals surface area contributed by atoms with Crippen LogP contribution in [0.15, 0.2) is 60.7 Å². The SMILES string of the molecule is COc1ccc2nc(C#Cc3c(CCc4ccc(Cl)cc4)c4cc(C(=O)O)ccc4n3CCc3nn[nH]n3)sc2c1. The molecule has 9 nitrogen and oxygen atoms in total. The molecule has 3 aromatic heterocycles. The van der Waals surface area contributed by atoms with Crippen LogP contribution in [0.4, 0.5) is 0 Å². The Bertz CT molecular complexity index is 1930. The second kappa shape index (κ2) is 11.4. The van der Waals surface area contributed by atoms with Gasteiger partial charge < -0.3 is 14.4 Å². The van der Waals surface area contributed by atoms with E-state index in [9.17, 15) is 9.90 Å². The number of nitrogens with zero attached hydrogens (tertiary/aromatic N) is 5. The van der Waals surface area contributed by atoms with Crippen LogP contribution in [0.2, 0.25) is 5.02 Å². The molecule has 0 bridgehead atoms.